The van der Waals surface area contributed by atoms with Gasteiger partial charge in [-0.3, -0.25) is 0 Å². The summed E-state index contributed by atoms with van der Waals surface area (Å²) in [5, 5.41) is 0.587. The first-order valence-corrected chi connectivity index (χ1v) is 6.99. The molecule has 0 unspecified atom stereocenters. The van der Waals surface area contributed by atoms with Crippen molar-refractivity contribution in [1.82, 2.24) is 0 Å². The molecule has 0 aliphatic rings. The Kier molecular flexibility index (Phi) is 4.86. The molecule has 0 saturated heterocycles. The molecule has 0 fully saturated rings. The van der Waals surface area contributed by atoms with E-state index in [1.165, 1.54) is 0 Å². The standard InChI is InChI=1S/C11H13BrClNOS/c1-11(2,3)16(15)14-7-8-4-5-9(12)6-10(8)13/h4-7H,1-3H3/b14-7-/t16-/m1/s1. The van der Waals surface area contributed by atoms with Crippen LogP contribution in [0.5, 0.6) is 0 Å². The van der Waals surface area contributed by atoms with E-state index in [0.717, 1.165) is 10.0 Å². The summed E-state index contributed by atoms with van der Waals surface area (Å²) in [7, 11) is 0. The SMILES string of the molecule is CC(C)(C)[S@@+]([O-])/N=C\c1ccc(Br)cc1Cl. The van der Waals surface area contributed by atoms with Crippen molar-refractivity contribution >= 4 is 45.1 Å². The number of halogens is 2. The molecule has 5 heteroatoms. The van der Waals surface area contributed by atoms with Crippen molar-refractivity contribution in [2.45, 2.75) is 25.5 Å². The first-order chi connectivity index (χ1) is 7.30. The molecule has 1 atom stereocenters. The molecule has 1 aromatic carbocycles. The zero-order chi connectivity index (χ0) is 12.3. The molecule has 0 aliphatic carbocycles. The highest BCUT2D eigenvalue weighted by atomic mass is 79.9. The average Bonchev–Trinajstić information content (AvgIpc) is 2.14. The van der Waals surface area contributed by atoms with Crippen LogP contribution in [0.2, 0.25) is 5.02 Å². The monoisotopic (exact) mass is 321 g/mol. The number of benzene rings is 1. The van der Waals surface area contributed by atoms with Crippen molar-refractivity contribution in [3.8, 4) is 0 Å². The van der Waals surface area contributed by atoms with Crippen LogP contribution in [0.3, 0.4) is 0 Å². The Hall–Kier alpha value is -0.0300. The van der Waals surface area contributed by atoms with E-state index in [1.807, 2.05) is 32.9 Å². The molecule has 0 radical (unpaired) electrons. The Morgan fingerprint density at radius 3 is 2.56 bits per heavy atom. The summed E-state index contributed by atoms with van der Waals surface area (Å²) in [6, 6.07) is 5.48. The van der Waals surface area contributed by atoms with E-state index < -0.39 is 11.4 Å². The summed E-state index contributed by atoms with van der Waals surface area (Å²) in [4.78, 5) is 0. The summed E-state index contributed by atoms with van der Waals surface area (Å²) in [5.41, 5.74) is 0.766. The molecule has 0 N–H and O–H groups in total. The van der Waals surface area contributed by atoms with Gasteiger partial charge in [-0.25, -0.2) is 0 Å². The molecule has 0 spiro atoms. The molecule has 0 aliphatic heterocycles. The number of nitrogens with zero attached hydrogens (tertiary/aromatic N) is 1. The third-order valence-electron chi connectivity index (χ3n) is 1.77. The van der Waals surface area contributed by atoms with Crippen molar-refractivity contribution in [1.29, 1.82) is 0 Å². The van der Waals surface area contributed by atoms with Crippen LogP contribution in [0.25, 0.3) is 0 Å². The lowest BCUT2D eigenvalue weighted by molar-refractivity contribution is 0.562. The van der Waals surface area contributed by atoms with Crippen molar-refractivity contribution in [2.75, 3.05) is 0 Å². The molecular formula is C11H13BrClNOS. The van der Waals surface area contributed by atoms with Gasteiger partial charge in [-0.05, 0) is 32.9 Å². The second-order valence-electron chi connectivity index (χ2n) is 4.26. The first kappa shape index (κ1) is 14.0. The summed E-state index contributed by atoms with van der Waals surface area (Å²) < 4.78 is 16.2. The summed E-state index contributed by atoms with van der Waals surface area (Å²) in [6.07, 6.45) is 1.55. The fourth-order valence-electron chi connectivity index (χ4n) is 0.869. The lowest BCUT2D eigenvalue weighted by atomic mass is 10.2. The van der Waals surface area contributed by atoms with Gasteiger partial charge in [0.1, 0.15) is 16.1 Å². The lowest BCUT2D eigenvalue weighted by Gasteiger charge is -2.17. The molecule has 0 aromatic heterocycles. The molecule has 0 bridgehead atoms. The largest absolute Gasteiger partial charge is 0.591 e. The van der Waals surface area contributed by atoms with Crippen molar-refractivity contribution < 1.29 is 4.55 Å². The van der Waals surface area contributed by atoms with Crippen molar-refractivity contribution in [2.24, 2.45) is 4.40 Å². The third-order valence-corrected chi connectivity index (χ3v) is 3.94. The maximum absolute atomic E-state index is 11.7. The van der Waals surface area contributed by atoms with Crippen LogP contribution >= 0.6 is 27.5 Å². The molecule has 0 heterocycles. The third kappa shape index (κ3) is 4.09. The Morgan fingerprint density at radius 1 is 1.44 bits per heavy atom. The van der Waals surface area contributed by atoms with Crippen LogP contribution in [-0.2, 0) is 11.4 Å². The normalized spacial score (nSPS) is 14.4. The van der Waals surface area contributed by atoms with Gasteiger partial charge in [0.2, 0.25) is 0 Å². The highest BCUT2D eigenvalue weighted by Gasteiger charge is 2.25. The highest BCUT2D eigenvalue weighted by molar-refractivity contribution is 9.10. The minimum atomic E-state index is -1.25. The Bertz CT molecular complexity index is 403. The Balaban J connectivity index is 2.85. The number of hydrogen-bond donors (Lipinski definition) is 0. The van der Waals surface area contributed by atoms with Crippen LogP contribution in [0.4, 0.5) is 0 Å². The minimum Gasteiger partial charge on any atom is -0.591 e. The molecular weight excluding hydrogens is 310 g/mol. The van der Waals surface area contributed by atoms with Crippen LogP contribution < -0.4 is 0 Å². The van der Waals surface area contributed by atoms with Gasteiger partial charge in [-0.2, -0.15) is 0 Å². The second kappa shape index (κ2) is 5.54. The van der Waals surface area contributed by atoms with Gasteiger partial charge in [0.15, 0.2) is 0 Å². The predicted octanol–water partition coefficient (Wildman–Crippen LogP) is 3.98. The number of hydrogen-bond acceptors (Lipinski definition) is 2. The second-order valence-corrected chi connectivity index (χ2v) is 7.52. The Labute approximate surface area is 113 Å². The lowest BCUT2D eigenvalue weighted by Crippen LogP contribution is -2.25. The van der Waals surface area contributed by atoms with Crippen LogP contribution in [0.1, 0.15) is 26.3 Å². The van der Waals surface area contributed by atoms with Gasteiger partial charge < -0.3 is 4.55 Å². The van der Waals surface area contributed by atoms with E-state index in [2.05, 4.69) is 20.3 Å². The molecule has 0 saturated carbocycles. The smallest absolute Gasteiger partial charge is 0.144 e. The van der Waals surface area contributed by atoms with E-state index >= 15 is 0 Å². The quantitative estimate of drug-likeness (QED) is 0.599. The highest BCUT2D eigenvalue weighted by Crippen LogP contribution is 2.21. The van der Waals surface area contributed by atoms with Gasteiger partial charge in [-0.15, -0.1) is 0 Å². The molecule has 88 valence electrons. The molecule has 0 amide bonds. The minimum absolute atomic E-state index is 0.349. The maximum Gasteiger partial charge on any atom is 0.144 e. The average molecular weight is 323 g/mol. The van der Waals surface area contributed by atoms with E-state index in [-0.39, 0.29) is 4.75 Å². The van der Waals surface area contributed by atoms with Gasteiger partial charge >= 0.3 is 0 Å². The van der Waals surface area contributed by atoms with Gasteiger partial charge in [0.05, 0.1) is 11.2 Å². The van der Waals surface area contributed by atoms with Crippen LogP contribution in [0.15, 0.2) is 27.1 Å². The van der Waals surface area contributed by atoms with E-state index in [1.54, 1.807) is 12.3 Å². The van der Waals surface area contributed by atoms with E-state index in [0.29, 0.717) is 5.02 Å². The molecule has 16 heavy (non-hydrogen) atoms. The van der Waals surface area contributed by atoms with Gasteiger partial charge in [0.25, 0.3) is 0 Å². The van der Waals surface area contributed by atoms with Crippen molar-refractivity contribution in [3.63, 3.8) is 0 Å². The van der Waals surface area contributed by atoms with Crippen LogP contribution in [-0.4, -0.2) is 15.5 Å². The maximum atomic E-state index is 11.7. The summed E-state index contributed by atoms with van der Waals surface area (Å²) in [5.74, 6) is 0. The number of rotatable bonds is 2. The molecule has 2 nitrogen and oxygen atoms in total. The van der Waals surface area contributed by atoms with E-state index in [9.17, 15) is 4.55 Å². The van der Waals surface area contributed by atoms with Gasteiger partial charge in [0, 0.05) is 10.0 Å². The Morgan fingerprint density at radius 2 is 2.06 bits per heavy atom. The molecule has 1 aromatic rings. The topological polar surface area (TPSA) is 35.4 Å². The van der Waals surface area contributed by atoms with E-state index in [4.69, 9.17) is 11.6 Å². The first-order valence-electron chi connectivity index (χ1n) is 4.72. The fraction of sp³-hybridized carbons (Fsp3) is 0.364. The zero-order valence-corrected chi connectivity index (χ0v) is 12.5. The van der Waals surface area contributed by atoms with Crippen molar-refractivity contribution in [3.05, 3.63) is 33.3 Å². The van der Waals surface area contributed by atoms with Gasteiger partial charge in [-0.1, -0.05) is 38.0 Å². The fourth-order valence-corrected chi connectivity index (χ4v) is 2.12. The zero-order valence-electron chi connectivity index (χ0n) is 9.33. The summed E-state index contributed by atoms with van der Waals surface area (Å²) >= 11 is 8.07. The summed E-state index contributed by atoms with van der Waals surface area (Å²) in [6.45, 7) is 5.64. The predicted molar refractivity (Wildman–Crippen MR) is 74.6 cm³/mol. The van der Waals surface area contributed by atoms with Crippen LogP contribution in [0, 0.1) is 0 Å². The molecule has 1 rings (SSSR count).